The second kappa shape index (κ2) is 3.29. The van der Waals surface area contributed by atoms with Gasteiger partial charge in [0.25, 0.3) is 0 Å². The van der Waals surface area contributed by atoms with Crippen LogP contribution in [0, 0.1) is 6.92 Å². The molecule has 0 spiro atoms. The van der Waals surface area contributed by atoms with Crippen LogP contribution in [-0.4, -0.2) is 6.79 Å². The highest BCUT2D eigenvalue weighted by atomic mass is 35.5. The van der Waals surface area contributed by atoms with E-state index in [0.29, 0.717) is 10.8 Å². The van der Waals surface area contributed by atoms with Crippen molar-refractivity contribution < 1.29 is 9.47 Å². The highest BCUT2D eigenvalue weighted by Gasteiger charge is 2.27. The van der Waals surface area contributed by atoms with Gasteiger partial charge in [-0.3, -0.25) is 0 Å². The molecule has 3 nitrogen and oxygen atoms in total. The van der Waals surface area contributed by atoms with Crippen LogP contribution in [0.5, 0.6) is 11.5 Å². The minimum atomic E-state index is -0.484. The Morgan fingerprint density at radius 3 is 2.67 bits per heavy atom. The van der Waals surface area contributed by atoms with Crippen LogP contribution in [0.2, 0.25) is 5.02 Å². The van der Waals surface area contributed by atoms with Gasteiger partial charge in [-0.2, -0.15) is 0 Å². The van der Waals surface area contributed by atoms with Crippen molar-refractivity contribution in [1.82, 2.24) is 0 Å². The first-order chi connectivity index (χ1) is 6.91. The van der Waals surface area contributed by atoms with E-state index in [1.807, 2.05) is 20.8 Å². The molecule has 2 N–H and O–H groups in total. The molecule has 0 amide bonds. The van der Waals surface area contributed by atoms with Gasteiger partial charge < -0.3 is 15.2 Å². The fourth-order valence-corrected chi connectivity index (χ4v) is 2.44. The molecular formula is C11H14ClNO2. The summed E-state index contributed by atoms with van der Waals surface area (Å²) in [6.45, 7) is 6.04. The summed E-state index contributed by atoms with van der Waals surface area (Å²) in [6.07, 6.45) is 0. The highest BCUT2D eigenvalue weighted by Crippen LogP contribution is 2.43. The topological polar surface area (TPSA) is 44.5 Å². The Kier molecular flexibility index (Phi) is 2.32. The molecular weight excluding hydrogens is 214 g/mol. The number of benzene rings is 1. The van der Waals surface area contributed by atoms with Crippen LogP contribution in [-0.2, 0) is 5.54 Å². The Balaban J connectivity index is 2.67. The average Bonchev–Trinajstić information content (AvgIpc) is 2.48. The Morgan fingerprint density at radius 1 is 1.40 bits per heavy atom. The van der Waals surface area contributed by atoms with Crippen molar-refractivity contribution in [2.24, 2.45) is 5.73 Å². The molecule has 0 atom stereocenters. The molecule has 2 rings (SSSR count). The third kappa shape index (κ3) is 1.66. The maximum atomic E-state index is 6.18. The van der Waals surface area contributed by atoms with Gasteiger partial charge in [0.1, 0.15) is 0 Å². The lowest BCUT2D eigenvalue weighted by atomic mass is 9.90. The quantitative estimate of drug-likeness (QED) is 0.802. The first-order valence-corrected chi connectivity index (χ1v) is 5.17. The van der Waals surface area contributed by atoms with E-state index in [-0.39, 0.29) is 6.79 Å². The fraction of sp³-hybridized carbons (Fsp3) is 0.455. The van der Waals surface area contributed by atoms with Crippen molar-refractivity contribution in [3.05, 3.63) is 22.2 Å². The molecule has 0 radical (unpaired) electrons. The molecule has 15 heavy (non-hydrogen) atoms. The van der Waals surface area contributed by atoms with Crippen molar-refractivity contribution >= 4 is 11.6 Å². The van der Waals surface area contributed by atoms with Crippen LogP contribution < -0.4 is 15.2 Å². The average molecular weight is 228 g/mol. The molecule has 0 saturated carbocycles. The Morgan fingerprint density at radius 2 is 2.07 bits per heavy atom. The second-order valence-corrected chi connectivity index (χ2v) is 4.72. The lowest BCUT2D eigenvalue weighted by molar-refractivity contribution is 0.173. The van der Waals surface area contributed by atoms with Crippen molar-refractivity contribution in [3.8, 4) is 11.5 Å². The summed E-state index contributed by atoms with van der Waals surface area (Å²) in [6, 6.07) is 1.76. The van der Waals surface area contributed by atoms with Crippen LogP contribution in [0.3, 0.4) is 0 Å². The zero-order chi connectivity index (χ0) is 11.2. The summed E-state index contributed by atoms with van der Waals surface area (Å²) in [5, 5.41) is 0.629. The van der Waals surface area contributed by atoms with Gasteiger partial charge in [0.05, 0.1) is 0 Å². The Bertz CT molecular complexity index is 410. The molecule has 0 aromatic heterocycles. The van der Waals surface area contributed by atoms with E-state index >= 15 is 0 Å². The molecule has 1 aliphatic rings. The summed E-state index contributed by atoms with van der Waals surface area (Å²) in [5.41, 5.74) is 7.46. The molecule has 0 saturated heterocycles. The first kappa shape index (κ1) is 10.6. The molecule has 4 heteroatoms. The van der Waals surface area contributed by atoms with E-state index < -0.39 is 5.54 Å². The van der Waals surface area contributed by atoms with Crippen molar-refractivity contribution in [1.29, 1.82) is 0 Å². The van der Waals surface area contributed by atoms with E-state index in [1.165, 1.54) is 0 Å². The predicted octanol–water partition coefficient (Wildman–Crippen LogP) is 2.57. The number of rotatable bonds is 1. The van der Waals surface area contributed by atoms with Gasteiger partial charge in [0, 0.05) is 22.2 Å². The lowest BCUT2D eigenvalue weighted by Gasteiger charge is -2.23. The van der Waals surface area contributed by atoms with E-state index in [2.05, 4.69) is 0 Å². The van der Waals surface area contributed by atoms with E-state index in [4.69, 9.17) is 26.8 Å². The summed E-state index contributed by atoms with van der Waals surface area (Å²) < 4.78 is 10.7. The zero-order valence-corrected chi connectivity index (χ0v) is 9.81. The summed E-state index contributed by atoms with van der Waals surface area (Å²) in [7, 11) is 0. The van der Waals surface area contributed by atoms with Gasteiger partial charge in [-0.1, -0.05) is 11.6 Å². The molecule has 0 bridgehead atoms. The molecule has 82 valence electrons. The van der Waals surface area contributed by atoms with Crippen LogP contribution >= 0.6 is 11.6 Å². The third-order valence-corrected chi connectivity index (χ3v) is 2.80. The number of ether oxygens (including phenoxy) is 2. The first-order valence-electron chi connectivity index (χ1n) is 4.79. The van der Waals surface area contributed by atoms with E-state index in [9.17, 15) is 0 Å². The van der Waals surface area contributed by atoms with Gasteiger partial charge in [-0.15, -0.1) is 0 Å². The third-order valence-electron chi connectivity index (χ3n) is 2.50. The minimum Gasteiger partial charge on any atom is -0.454 e. The summed E-state index contributed by atoms with van der Waals surface area (Å²) in [4.78, 5) is 0. The minimum absolute atomic E-state index is 0.251. The Hall–Kier alpha value is -0.930. The number of fused-ring (bicyclic) bond motifs is 1. The van der Waals surface area contributed by atoms with Crippen molar-refractivity contribution in [2.75, 3.05) is 6.79 Å². The highest BCUT2D eigenvalue weighted by molar-refractivity contribution is 6.31. The van der Waals surface area contributed by atoms with Gasteiger partial charge in [0.2, 0.25) is 6.79 Å². The monoisotopic (exact) mass is 227 g/mol. The van der Waals surface area contributed by atoms with Crippen LogP contribution in [0.4, 0.5) is 0 Å². The number of nitrogens with two attached hydrogens (primary N) is 1. The molecule has 0 unspecified atom stereocenters. The van der Waals surface area contributed by atoms with Gasteiger partial charge in [-0.05, 0) is 26.3 Å². The molecule has 1 aromatic rings. The van der Waals surface area contributed by atoms with Gasteiger partial charge in [0.15, 0.2) is 11.5 Å². The standard InChI is InChI=1S/C11H14ClNO2/c1-6-9(11(2,3)13)7(12)4-8-10(6)15-5-14-8/h4H,5,13H2,1-3H3. The van der Waals surface area contributed by atoms with Gasteiger partial charge >= 0.3 is 0 Å². The SMILES string of the molecule is Cc1c2c(cc(Cl)c1C(C)(C)N)OCO2. The number of hydrogen-bond donors (Lipinski definition) is 1. The zero-order valence-electron chi connectivity index (χ0n) is 9.06. The molecule has 0 fully saturated rings. The molecule has 1 heterocycles. The lowest BCUT2D eigenvalue weighted by Crippen LogP contribution is -2.30. The number of halogens is 1. The maximum absolute atomic E-state index is 6.18. The second-order valence-electron chi connectivity index (χ2n) is 4.31. The largest absolute Gasteiger partial charge is 0.454 e. The smallest absolute Gasteiger partial charge is 0.231 e. The van der Waals surface area contributed by atoms with Crippen molar-refractivity contribution in [3.63, 3.8) is 0 Å². The van der Waals surface area contributed by atoms with E-state index in [1.54, 1.807) is 6.07 Å². The maximum Gasteiger partial charge on any atom is 0.231 e. The van der Waals surface area contributed by atoms with Crippen LogP contribution in [0.15, 0.2) is 6.07 Å². The normalized spacial score (nSPS) is 14.5. The fourth-order valence-electron chi connectivity index (χ4n) is 1.96. The molecule has 0 aliphatic carbocycles. The summed E-state index contributed by atoms with van der Waals surface area (Å²) in [5.74, 6) is 1.46. The summed E-state index contributed by atoms with van der Waals surface area (Å²) >= 11 is 6.18. The van der Waals surface area contributed by atoms with Crippen molar-refractivity contribution in [2.45, 2.75) is 26.3 Å². The molecule has 1 aromatic carbocycles. The number of hydrogen-bond acceptors (Lipinski definition) is 3. The van der Waals surface area contributed by atoms with Gasteiger partial charge in [-0.25, -0.2) is 0 Å². The Labute approximate surface area is 94.1 Å². The van der Waals surface area contributed by atoms with E-state index in [0.717, 1.165) is 16.9 Å². The van der Waals surface area contributed by atoms with Crippen LogP contribution in [0.25, 0.3) is 0 Å². The molecule has 1 aliphatic heterocycles. The van der Waals surface area contributed by atoms with Crippen LogP contribution in [0.1, 0.15) is 25.0 Å². The predicted molar refractivity (Wildman–Crippen MR) is 59.5 cm³/mol.